The number of carbonyl (C=O) groups is 2. The fraction of sp³-hybridized carbons (Fsp3) is 0.833. The fourth-order valence-electron chi connectivity index (χ4n) is 3.31. The molecule has 0 saturated carbocycles. The molecule has 0 aromatic carbocycles. The zero-order valence-electron chi connectivity index (χ0n) is 9.52. The molecule has 0 N–H and O–H groups in total. The molecule has 3 heterocycles. The molecule has 0 aliphatic carbocycles. The number of hydrogen-bond donors (Lipinski definition) is 0. The second-order valence-electron chi connectivity index (χ2n) is 5.02. The number of fused-ring (bicyclic) bond motifs is 5. The molecular weight excluding hydrogens is 206 g/mol. The van der Waals surface area contributed by atoms with Crippen molar-refractivity contribution >= 4 is 11.8 Å². The van der Waals surface area contributed by atoms with Gasteiger partial charge in [0.25, 0.3) is 0 Å². The monoisotopic (exact) mass is 223 g/mol. The lowest BCUT2D eigenvalue weighted by Gasteiger charge is -2.16. The number of imide groups is 1. The van der Waals surface area contributed by atoms with Crippen LogP contribution in [0.25, 0.3) is 0 Å². The normalized spacial score (nSPS) is 40.9. The van der Waals surface area contributed by atoms with Gasteiger partial charge >= 0.3 is 0 Å². The lowest BCUT2D eigenvalue weighted by molar-refractivity contribution is -0.142. The van der Waals surface area contributed by atoms with Crippen molar-refractivity contribution in [2.75, 3.05) is 6.54 Å². The Morgan fingerprint density at radius 1 is 1.19 bits per heavy atom. The van der Waals surface area contributed by atoms with E-state index in [1.807, 2.05) is 0 Å². The molecule has 2 bridgehead atoms. The van der Waals surface area contributed by atoms with Gasteiger partial charge in [0.15, 0.2) is 0 Å². The standard InChI is InChI=1S/C12H17NO3/c1-2-3-6-13-11(14)9-7-4-5-8(16-7)10(9)12(13)15/h7-10H,2-6H2,1H3. The third-order valence-corrected chi connectivity index (χ3v) is 4.11. The zero-order valence-corrected chi connectivity index (χ0v) is 9.52. The first-order valence-electron chi connectivity index (χ1n) is 6.24. The van der Waals surface area contributed by atoms with Gasteiger partial charge < -0.3 is 4.74 Å². The maximum absolute atomic E-state index is 12.1. The fourth-order valence-corrected chi connectivity index (χ4v) is 3.31. The summed E-state index contributed by atoms with van der Waals surface area (Å²) in [6.07, 6.45) is 3.87. The molecular formula is C12H17NO3. The lowest BCUT2D eigenvalue weighted by atomic mass is 9.81. The van der Waals surface area contributed by atoms with E-state index in [-0.39, 0.29) is 35.9 Å². The smallest absolute Gasteiger partial charge is 0.235 e. The Labute approximate surface area is 94.9 Å². The Bertz CT molecular complexity index is 313. The largest absolute Gasteiger partial charge is 0.373 e. The molecule has 16 heavy (non-hydrogen) atoms. The summed E-state index contributed by atoms with van der Waals surface area (Å²) in [7, 11) is 0. The second-order valence-corrected chi connectivity index (χ2v) is 5.02. The minimum absolute atomic E-state index is 0.0238. The summed E-state index contributed by atoms with van der Waals surface area (Å²) in [4.78, 5) is 25.7. The molecule has 4 atom stereocenters. The minimum Gasteiger partial charge on any atom is -0.373 e. The molecule has 0 aromatic rings. The molecule has 88 valence electrons. The number of carbonyl (C=O) groups excluding carboxylic acids is 2. The maximum Gasteiger partial charge on any atom is 0.235 e. The van der Waals surface area contributed by atoms with Gasteiger partial charge in [-0.3, -0.25) is 14.5 Å². The van der Waals surface area contributed by atoms with Crippen LogP contribution in [0.4, 0.5) is 0 Å². The van der Waals surface area contributed by atoms with Crippen LogP contribution in [-0.4, -0.2) is 35.5 Å². The molecule has 0 radical (unpaired) electrons. The van der Waals surface area contributed by atoms with E-state index in [0.717, 1.165) is 25.7 Å². The van der Waals surface area contributed by atoms with Crippen LogP contribution in [0.2, 0.25) is 0 Å². The number of likely N-dealkylation sites (tertiary alicyclic amines) is 1. The molecule has 2 amide bonds. The van der Waals surface area contributed by atoms with Gasteiger partial charge in [-0.1, -0.05) is 13.3 Å². The molecule has 3 saturated heterocycles. The summed E-state index contributed by atoms with van der Waals surface area (Å²) in [5.74, 6) is -0.252. The van der Waals surface area contributed by atoms with E-state index in [1.165, 1.54) is 4.90 Å². The van der Waals surface area contributed by atoms with E-state index in [0.29, 0.717) is 6.54 Å². The molecule has 4 nitrogen and oxygen atoms in total. The molecule has 4 unspecified atom stereocenters. The number of rotatable bonds is 3. The Balaban J connectivity index is 1.81. The van der Waals surface area contributed by atoms with Crippen molar-refractivity contribution in [3.8, 4) is 0 Å². The van der Waals surface area contributed by atoms with Crippen molar-refractivity contribution in [2.45, 2.75) is 44.8 Å². The molecule has 3 rings (SSSR count). The van der Waals surface area contributed by atoms with Crippen molar-refractivity contribution in [2.24, 2.45) is 11.8 Å². The summed E-state index contributed by atoms with van der Waals surface area (Å²) in [5.41, 5.74) is 0. The number of hydrogen-bond acceptors (Lipinski definition) is 3. The molecule has 0 aromatic heterocycles. The summed E-state index contributed by atoms with van der Waals surface area (Å²) >= 11 is 0. The van der Waals surface area contributed by atoms with Gasteiger partial charge in [0.1, 0.15) is 0 Å². The second kappa shape index (κ2) is 3.55. The quantitative estimate of drug-likeness (QED) is 0.669. The van der Waals surface area contributed by atoms with Gasteiger partial charge in [0.05, 0.1) is 24.0 Å². The number of amides is 2. The topological polar surface area (TPSA) is 46.6 Å². The van der Waals surface area contributed by atoms with Crippen molar-refractivity contribution < 1.29 is 14.3 Å². The third kappa shape index (κ3) is 1.19. The first kappa shape index (κ1) is 10.3. The third-order valence-electron chi connectivity index (χ3n) is 4.11. The Kier molecular flexibility index (Phi) is 2.28. The summed E-state index contributed by atoms with van der Waals surface area (Å²) < 4.78 is 5.66. The molecule has 3 fully saturated rings. The summed E-state index contributed by atoms with van der Waals surface area (Å²) in [5, 5.41) is 0. The number of ether oxygens (including phenoxy) is 1. The molecule has 4 heteroatoms. The van der Waals surface area contributed by atoms with E-state index in [9.17, 15) is 9.59 Å². The van der Waals surface area contributed by atoms with Crippen LogP contribution >= 0.6 is 0 Å². The van der Waals surface area contributed by atoms with Crippen LogP contribution in [0, 0.1) is 11.8 Å². The Morgan fingerprint density at radius 2 is 1.75 bits per heavy atom. The van der Waals surface area contributed by atoms with Gasteiger partial charge in [-0.25, -0.2) is 0 Å². The van der Waals surface area contributed by atoms with Crippen molar-refractivity contribution in [3.63, 3.8) is 0 Å². The highest BCUT2D eigenvalue weighted by Crippen LogP contribution is 2.48. The highest BCUT2D eigenvalue weighted by molar-refractivity contribution is 6.06. The first-order valence-corrected chi connectivity index (χ1v) is 6.24. The van der Waals surface area contributed by atoms with Crippen molar-refractivity contribution in [1.29, 1.82) is 0 Å². The van der Waals surface area contributed by atoms with Crippen LogP contribution in [0.15, 0.2) is 0 Å². The minimum atomic E-state index is -0.150. The summed E-state index contributed by atoms with van der Waals surface area (Å²) in [6.45, 7) is 2.67. The Morgan fingerprint density at radius 3 is 2.25 bits per heavy atom. The van der Waals surface area contributed by atoms with Crippen LogP contribution in [0.1, 0.15) is 32.6 Å². The SMILES string of the molecule is CCCCN1C(=O)C2C3CCC(O3)C2C1=O. The summed E-state index contributed by atoms with van der Waals surface area (Å²) in [6, 6.07) is 0. The predicted molar refractivity (Wildman–Crippen MR) is 56.5 cm³/mol. The first-order chi connectivity index (χ1) is 7.74. The van der Waals surface area contributed by atoms with E-state index >= 15 is 0 Å². The molecule has 3 aliphatic heterocycles. The van der Waals surface area contributed by atoms with Gasteiger partial charge in [-0.05, 0) is 19.3 Å². The number of unbranched alkanes of at least 4 members (excludes halogenated alkanes) is 1. The van der Waals surface area contributed by atoms with Crippen molar-refractivity contribution in [1.82, 2.24) is 4.90 Å². The highest BCUT2D eigenvalue weighted by atomic mass is 16.5. The van der Waals surface area contributed by atoms with Crippen LogP contribution in [0.3, 0.4) is 0 Å². The average molecular weight is 223 g/mol. The predicted octanol–water partition coefficient (Wildman–Crippen LogP) is 0.949. The van der Waals surface area contributed by atoms with E-state index < -0.39 is 0 Å². The van der Waals surface area contributed by atoms with E-state index in [2.05, 4.69) is 6.92 Å². The van der Waals surface area contributed by atoms with Crippen LogP contribution in [0.5, 0.6) is 0 Å². The van der Waals surface area contributed by atoms with Gasteiger partial charge in [0, 0.05) is 6.54 Å². The zero-order chi connectivity index (χ0) is 11.3. The molecule has 0 spiro atoms. The van der Waals surface area contributed by atoms with E-state index in [1.54, 1.807) is 0 Å². The average Bonchev–Trinajstić information content (AvgIpc) is 2.92. The van der Waals surface area contributed by atoms with Gasteiger partial charge in [-0.2, -0.15) is 0 Å². The molecule has 3 aliphatic rings. The van der Waals surface area contributed by atoms with Crippen LogP contribution in [-0.2, 0) is 14.3 Å². The van der Waals surface area contributed by atoms with E-state index in [4.69, 9.17) is 4.74 Å². The highest BCUT2D eigenvalue weighted by Gasteiger charge is 2.61. The Hall–Kier alpha value is -0.900. The van der Waals surface area contributed by atoms with Crippen LogP contribution < -0.4 is 0 Å². The van der Waals surface area contributed by atoms with Gasteiger partial charge in [0.2, 0.25) is 11.8 Å². The van der Waals surface area contributed by atoms with Gasteiger partial charge in [-0.15, -0.1) is 0 Å². The van der Waals surface area contributed by atoms with Crippen molar-refractivity contribution in [3.05, 3.63) is 0 Å². The number of nitrogens with zero attached hydrogens (tertiary/aromatic N) is 1. The lowest BCUT2D eigenvalue weighted by Crippen LogP contribution is -2.34. The maximum atomic E-state index is 12.1.